The van der Waals surface area contributed by atoms with Gasteiger partial charge in [0.15, 0.2) is 0 Å². The molecule has 1 N–H and O–H groups in total. The van der Waals surface area contributed by atoms with Crippen LogP contribution in [0.25, 0.3) is 5.76 Å². The number of amides is 1. The molecule has 1 amide bonds. The molecule has 31 heavy (non-hydrogen) atoms. The minimum Gasteiger partial charge on any atom is -0.507 e. The standard InChI is InChI=1S/C25H29NO5/c1-6-13-26-22(17-9-7-16(8-10-17)15(2)3)21(24(28)25(26)29)23(27)19-14-18(30-4)11-12-20(19)31-5/h7-12,14-15,22,27H,6,13H2,1-5H3/b23-21+. The molecule has 2 aromatic carbocycles. The Labute approximate surface area is 183 Å². The normalized spacial score (nSPS) is 18.0. The van der Waals surface area contributed by atoms with Crippen LogP contribution in [0.3, 0.4) is 0 Å². The van der Waals surface area contributed by atoms with Gasteiger partial charge in [-0.3, -0.25) is 9.59 Å². The highest BCUT2D eigenvalue weighted by molar-refractivity contribution is 6.46. The van der Waals surface area contributed by atoms with Crippen LogP contribution in [0.4, 0.5) is 0 Å². The lowest BCUT2D eigenvalue weighted by atomic mass is 9.93. The van der Waals surface area contributed by atoms with Crippen molar-refractivity contribution in [1.82, 2.24) is 4.90 Å². The maximum Gasteiger partial charge on any atom is 0.295 e. The second kappa shape index (κ2) is 9.25. The molecule has 1 heterocycles. The third-order valence-electron chi connectivity index (χ3n) is 5.59. The zero-order valence-corrected chi connectivity index (χ0v) is 18.6. The van der Waals surface area contributed by atoms with Crippen LogP contribution in [0.2, 0.25) is 0 Å². The summed E-state index contributed by atoms with van der Waals surface area (Å²) >= 11 is 0. The lowest BCUT2D eigenvalue weighted by molar-refractivity contribution is -0.139. The molecular formula is C25H29NO5. The molecule has 0 spiro atoms. The van der Waals surface area contributed by atoms with Crippen molar-refractivity contribution in [2.24, 2.45) is 0 Å². The number of Topliss-reactive ketones (excluding diaryl/α,β-unsaturated/α-hetero) is 1. The van der Waals surface area contributed by atoms with Crippen LogP contribution in [0.15, 0.2) is 48.0 Å². The number of hydrogen-bond acceptors (Lipinski definition) is 5. The maximum atomic E-state index is 13.0. The molecule has 0 radical (unpaired) electrons. The van der Waals surface area contributed by atoms with Crippen molar-refractivity contribution in [3.8, 4) is 11.5 Å². The molecular weight excluding hydrogens is 394 g/mol. The summed E-state index contributed by atoms with van der Waals surface area (Å²) in [4.78, 5) is 27.4. The molecule has 0 aliphatic carbocycles. The van der Waals surface area contributed by atoms with E-state index in [4.69, 9.17) is 9.47 Å². The fourth-order valence-corrected chi connectivity index (χ4v) is 3.91. The predicted octanol–water partition coefficient (Wildman–Crippen LogP) is 4.66. The summed E-state index contributed by atoms with van der Waals surface area (Å²) in [5.74, 6) is -0.337. The van der Waals surface area contributed by atoms with E-state index in [2.05, 4.69) is 13.8 Å². The van der Waals surface area contributed by atoms with Crippen LogP contribution < -0.4 is 9.47 Å². The van der Waals surface area contributed by atoms with Gasteiger partial charge in [-0.2, -0.15) is 0 Å². The Balaban J connectivity index is 2.22. The number of carbonyl (C=O) groups excluding carboxylic acids is 2. The molecule has 1 aliphatic heterocycles. The quantitative estimate of drug-likeness (QED) is 0.398. The fourth-order valence-electron chi connectivity index (χ4n) is 3.91. The Morgan fingerprint density at radius 2 is 1.74 bits per heavy atom. The SMILES string of the molecule is CCCN1C(=O)C(=O)/C(=C(/O)c2cc(OC)ccc2OC)C1c1ccc(C(C)C)cc1. The zero-order valence-electron chi connectivity index (χ0n) is 18.6. The summed E-state index contributed by atoms with van der Waals surface area (Å²) < 4.78 is 10.7. The molecule has 3 rings (SSSR count). The first-order chi connectivity index (χ1) is 14.8. The Morgan fingerprint density at radius 1 is 1.06 bits per heavy atom. The van der Waals surface area contributed by atoms with Gasteiger partial charge >= 0.3 is 0 Å². The molecule has 1 fully saturated rings. The number of carbonyl (C=O) groups is 2. The van der Waals surface area contributed by atoms with E-state index in [1.54, 1.807) is 18.2 Å². The molecule has 1 atom stereocenters. The number of aliphatic hydroxyl groups excluding tert-OH is 1. The van der Waals surface area contributed by atoms with Crippen molar-refractivity contribution in [2.75, 3.05) is 20.8 Å². The Bertz CT molecular complexity index is 1010. The van der Waals surface area contributed by atoms with E-state index < -0.39 is 17.7 Å². The van der Waals surface area contributed by atoms with E-state index in [0.29, 0.717) is 35.9 Å². The summed E-state index contributed by atoms with van der Waals surface area (Å²) in [7, 11) is 3.00. The van der Waals surface area contributed by atoms with Crippen LogP contribution >= 0.6 is 0 Å². The summed E-state index contributed by atoms with van der Waals surface area (Å²) in [6.45, 7) is 6.57. The summed E-state index contributed by atoms with van der Waals surface area (Å²) in [6.07, 6.45) is 0.691. The Morgan fingerprint density at radius 3 is 2.29 bits per heavy atom. The third-order valence-corrected chi connectivity index (χ3v) is 5.59. The molecule has 2 aromatic rings. The predicted molar refractivity (Wildman–Crippen MR) is 119 cm³/mol. The van der Waals surface area contributed by atoms with Gasteiger partial charge < -0.3 is 19.5 Å². The number of nitrogens with zero attached hydrogens (tertiary/aromatic N) is 1. The molecule has 0 bridgehead atoms. The van der Waals surface area contributed by atoms with Gasteiger partial charge in [-0.1, -0.05) is 45.0 Å². The summed E-state index contributed by atoms with van der Waals surface area (Å²) in [6, 6.07) is 12.1. The number of benzene rings is 2. The first kappa shape index (κ1) is 22.4. The highest BCUT2D eigenvalue weighted by atomic mass is 16.5. The molecule has 164 valence electrons. The smallest absolute Gasteiger partial charge is 0.295 e. The van der Waals surface area contributed by atoms with E-state index in [9.17, 15) is 14.7 Å². The van der Waals surface area contributed by atoms with Crippen LogP contribution in [0.1, 0.15) is 55.8 Å². The van der Waals surface area contributed by atoms with E-state index in [0.717, 1.165) is 11.1 Å². The van der Waals surface area contributed by atoms with Gasteiger partial charge in [-0.05, 0) is 41.7 Å². The van der Waals surface area contributed by atoms with Gasteiger partial charge in [-0.15, -0.1) is 0 Å². The molecule has 1 aliphatic rings. The summed E-state index contributed by atoms with van der Waals surface area (Å²) in [5, 5.41) is 11.2. The van der Waals surface area contributed by atoms with Gasteiger partial charge in [0.1, 0.15) is 17.3 Å². The first-order valence-electron chi connectivity index (χ1n) is 10.4. The van der Waals surface area contributed by atoms with E-state index >= 15 is 0 Å². The van der Waals surface area contributed by atoms with E-state index in [1.165, 1.54) is 19.1 Å². The van der Waals surface area contributed by atoms with Gasteiger partial charge in [0.25, 0.3) is 11.7 Å². The number of rotatable bonds is 7. The van der Waals surface area contributed by atoms with Crippen molar-refractivity contribution in [3.05, 3.63) is 64.7 Å². The number of hydrogen-bond donors (Lipinski definition) is 1. The van der Waals surface area contributed by atoms with Gasteiger partial charge in [-0.25, -0.2) is 0 Å². The van der Waals surface area contributed by atoms with Gasteiger partial charge in [0.2, 0.25) is 0 Å². The monoisotopic (exact) mass is 423 g/mol. The average molecular weight is 424 g/mol. The molecule has 0 saturated carbocycles. The van der Waals surface area contributed by atoms with E-state index in [-0.39, 0.29) is 11.3 Å². The minimum absolute atomic E-state index is 0.0577. The van der Waals surface area contributed by atoms with Crippen molar-refractivity contribution in [1.29, 1.82) is 0 Å². The van der Waals surface area contributed by atoms with Crippen molar-refractivity contribution < 1.29 is 24.2 Å². The number of likely N-dealkylation sites (tertiary alicyclic amines) is 1. The number of ketones is 1. The largest absolute Gasteiger partial charge is 0.507 e. The second-order valence-electron chi connectivity index (χ2n) is 7.88. The fraction of sp³-hybridized carbons (Fsp3) is 0.360. The lowest BCUT2D eigenvalue weighted by Gasteiger charge is -2.25. The van der Waals surface area contributed by atoms with Crippen molar-refractivity contribution in [2.45, 2.75) is 39.2 Å². The van der Waals surface area contributed by atoms with Crippen LogP contribution in [0.5, 0.6) is 11.5 Å². The molecule has 6 nitrogen and oxygen atoms in total. The van der Waals surface area contributed by atoms with Crippen molar-refractivity contribution in [3.63, 3.8) is 0 Å². The minimum atomic E-state index is -0.700. The van der Waals surface area contributed by atoms with Crippen LogP contribution in [-0.4, -0.2) is 42.5 Å². The molecule has 1 saturated heterocycles. The highest BCUT2D eigenvalue weighted by Crippen LogP contribution is 2.41. The van der Waals surface area contributed by atoms with E-state index in [1.807, 2.05) is 31.2 Å². The maximum absolute atomic E-state index is 13.0. The number of aliphatic hydroxyl groups is 1. The molecule has 6 heteroatoms. The average Bonchev–Trinajstić information content (AvgIpc) is 3.03. The Hall–Kier alpha value is -3.28. The van der Waals surface area contributed by atoms with Gasteiger partial charge in [0.05, 0.1) is 31.4 Å². The second-order valence-corrected chi connectivity index (χ2v) is 7.88. The van der Waals surface area contributed by atoms with Crippen molar-refractivity contribution >= 4 is 17.4 Å². The molecule has 0 aromatic heterocycles. The Kier molecular flexibility index (Phi) is 6.68. The zero-order chi connectivity index (χ0) is 22.7. The van der Waals surface area contributed by atoms with Gasteiger partial charge in [0, 0.05) is 6.54 Å². The molecule has 1 unspecified atom stereocenters. The van der Waals surface area contributed by atoms with Crippen LogP contribution in [0, 0.1) is 0 Å². The first-order valence-corrected chi connectivity index (χ1v) is 10.4. The lowest BCUT2D eigenvalue weighted by Crippen LogP contribution is -2.30. The summed E-state index contributed by atoms with van der Waals surface area (Å²) in [5.41, 5.74) is 2.30. The number of methoxy groups -OCH3 is 2. The highest BCUT2D eigenvalue weighted by Gasteiger charge is 2.45. The third kappa shape index (κ3) is 4.15. The number of ether oxygens (including phenoxy) is 2. The topological polar surface area (TPSA) is 76.1 Å². The van der Waals surface area contributed by atoms with Crippen LogP contribution in [-0.2, 0) is 9.59 Å².